The van der Waals surface area contributed by atoms with Crippen molar-refractivity contribution in [1.29, 1.82) is 0 Å². The Kier molecular flexibility index (Phi) is 4.06. The second-order valence-electron chi connectivity index (χ2n) is 3.88. The Bertz CT molecular complexity index is 596. The van der Waals surface area contributed by atoms with Gasteiger partial charge in [-0.05, 0) is 37.4 Å². The molecule has 1 N–H and O–H groups in total. The molecular weight excluding hydrogens is 262 g/mol. The van der Waals surface area contributed by atoms with Gasteiger partial charge in [0.05, 0.1) is 6.20 Å². The minimum Gasteiger partial charge on any atom is -0.478 e. The number of carboxylic acids is 1. The third kappa shape index (κ3) is 3.06. The highest BCUT2D eigenvalue weighted by Gasteiger charge is 2.16. The van der Waals surface area contributed by atoms with Crippen LogP contribution in [0.4, 0.5) is 0 Å². The van der Waals surface area contributed by atoms with E-state index in [2.05, 4.69) is 4.98 Å². The molecule has 1 aromatic carbocycles. The number of aromatic nitrogens is 1. The minimum absolute atomic E-state index is 0.176. The molecule has 2 aromatic rings. The van der Waals surface area contributed by atoms with Crippen molar-refractivity contribution in [3.8, 4) is 11.5 Å². The fraction of sp³-hybridized carbons (Fsp3) is 0.143. The molecule has 4 nitrogen and oxygen atoms in total. The van der Waals surface area contributed by atoms with Gasteiger partial charge in [0.25, 0.3) is 0 Å². The molecule has 5 heteroatoms. The number of aryl methyl sites for hydroxylation is 1. The number of benzene rings is 1. The zero-order valence-corrected chi connectivity index (χ0v) is 11.4. The van der Waals surface area contributed by atoms with Gasteiger partial charge >= 0.3 is 5.97 Å². The predicted octanol–water partition coefficient (Wildman–Crippen LogP) is 3.60. The zero-order chi connectivity index (χ0) is 13.8. The van der Waals surface area contributed by atoms with Gasteiger partial charge in [-0.3, -0.25) is 4.98 Å². The topological polar surface area (TPSA) is 59.4 Å². The normalized spacial score (nSPS) is 10.2. The molecule has 0 saturated heterocycles. The third-order valence-electron chi connectivity index (χ3n) is 2.53. The van der Waals surface area contributed by atoms with E-state index in [1.165, 1.54) is 11.8 Å². The smallest absolute Gasteiger partial charge is 0.340 e. The molecule has 1 aromatic heterocycles. The number of ether oxygens (including phenoxy) is 1. The van der Waals surface area contributed by atoms with E-state index in [0.717, 1.165) is 5.69 Å². The van der Waals surface area contributed by atoms with Crippen LogP contribution in [0.5, 0.6) is 11.5 Å². The lowest BCUT2D eigenvalue weighted by molar-refractivity contribution is 0.0690. The van der Waals surface area contributed by atoms with Gasteiger partial charge in [-0.15, -0.1) is 11.8 Å². The van der Waals surface area contributed by atoms with Gasteiger partial charge in [0.2, 0.25) is 0 Å². The molecule has 0 atom stereocenters. The van der Waals surface area contributed by atoms with Crippen LogP contribution in [0.15, 0.2) is 41.4 Å². The molecule has 98 valence electrons. The second-order valence-corrected chi connectivity index (χ2v) is 4.72. The van der Waals surface area contributed by atoms with Crippen molar-refractivity contribution < 1.29 is 14.6 Å². The van der Waals surface area contributed by atoms with Crippen molar-refractivity contribution in [3.05, 3.63) is 47.8 Å². The number of rotatable bonds is 4. The Hall–Kier alpha value is -2.01. The summed E-state index contributed by atoms with van der Waals surface area (Å²) in [5, 5.41) is 9.29. The van der Waals surface area contributed by atoms with Crippen molar-refractivity contribution in [2.24, 2.45) is 0 Å². The van der Waals surface area contributed by atoms with Gasteiger partial charge in [0.15, 0.2) is 0 Å². The van der Waals surface area contributed by atoms with Crippen molar-refractivity contribution in [2.75, 3.05) is 6.26 Å². The largest absolute Gasteiger partial charge is 0.478 e. The molecule has 0 spiro atoms. The molecule has 1 heterocycles. The number of thioether (sulfide) groups is 1. The first-order chi connectivity index (χ1) is 9.11. The van der Waals surface area contributed by atoms with Crippen LogP contribution in [0.25, 0.3) is 0 Å². The number of nitrogens with zero attached hydrogens (tertiary/aromatic N) is 1. The van der Waals surface area contributed by atoms with Gasteiger partial charge in [-0.1, -0.05) is 6.07 Å². The summed E-state index contributed by atoms with van der Waals surface area (Å²) in [5.41, 5.74) is 1.05. The lowest BCUT2D eigenvalue weighted by Crippen LogP contribution is -2.02. The number of hydrogen-bond acceptors (Lipinski definition) is 4. The maximum Gasteiger partial charge on any atom is 0.340 e. The standard InChI is InChI=1S/C14H13NO3S/c1-9-6-7-10(8-15-9)18-11-4-3-5-12(19-2)13(11)14(16)17/h3-8H,1-2H3,(H,16,17). The van der Waals surface area contributed by atoms with Crippen LogP contribution in [0.2, 0.25) is 0 Å². The van der Waals surface area contributed by atoms with Gasteiger partial charge in [-0.25, -0.2) is 4.79 Å². The van der Waals surface area contributed by atoms with Crippen molar-refractivity contribution in [3.63, 3.8) is 0 Å². The lowest BCUT2D eigenvalue weighted by Gasteiger charge is -2.11. The van der Waals surface area contributed by atoms with Crippen molar-refractivity contribution in [2.45, 2.75) is 11.8 Å². The van der Waals surface area contributed by atoms with Crippen molar-refractivity contribution in [1.82, 2.24) is 4.98 Å². The molecule has 0 aliphatic heterocycles. The summed E-state index contributed by atoms with van der Waals surface area (Å²) < 4.78 is 5.61. The summed E-state index contributed by atoms with van der Waals surface area (Å²) in [6.07, 6.45) is 3.41. The van der Waals surface area contributed by atoms with E-state index >= 15 is 0 Å². The van der Waals surface area contributed by atoms with Crippen LogP contribution in [0, 0.1) is 6.92 Å². The molecule has 0 radical (unpaired) electrons. The SMILES string of the molecule is CSc1cccc(Oc2ccc(C)nc2)c1C(=O)O. The summed E-state index contributed by atoms with van der Waals surface area (Å²) in [7, 11) is 0. The van der Waals surface area contributed by atoms with Gasteiger partial charge in [0, 0.05) is 10.6 Å². The first-order valence-electron chi connectivity index (χ1n) is 5.62. The molecule has 19 heavy (non-hydrogen) atoms. The summed E-state index contributed by atoms with van der Waals surface area (Å²) in [4.78, 5) is 16.1. The highest BCUT2D eigenvalue weighted by molar-refractivity contribution is 7.98. The lowest BCUT2D eigenvalue weighted by atomic mass is 10.2. The third-order valence-corrected chi connectivity index (χ3v) is 3.31. The van der Waals surface area contributed by atoms with Crippen molar-refractivity contribution >= 4 is 17.7 Å². The number of carbonyl (C=O) groups is 1. The van der Waals surface area contributed by atoms with E-state index in [-0.39, 0.29) is 5.56 Å². The molecule has 0 saturated carbocycles. The molecular formula is C14H13NO3S. The van der Waals surface area contributed by atoms with E-state index in [1.807, 2.05) is 19.2 Å². The number of hydrogen-bond donors (Lipinski definition) is 1. The van der Waals surface area contributed by atoms with E-state index in [4.69, 9.17) is 4.74 Å². The average Bonchev–Trinajstić information content (AvgIpc) is 2.40. The number of carboxylic acid groups (broad SMARTS) is 1. The van der Waals surface area contributed by atoms with Crippen LogP contribution >= 0.6 is 11.8 Å². The van der Waals surface area contributed by atoms with E-state index in [1.54, 1.807) is 30.5 Å². The monoisotopic (exact) mass is 275 g/mol. The van der Waals surface area contributed by atoms with E-state index in [0.29, 0.717) is 16.4 Å². The number of aromatic carboxylic acids is 1. The molecule has 0 aliphatic rings. The Morgan fingerprint density at radius 2 is 2.11 bits per heavy atom. The fourth-order valence-electron chi connectivity index (χ4n) is 1.62. The van der Waals surface area contributed by atoms with Gasteiger partial charge in [-0.2, -0.15) is 0 Å². The van der Waals surface area contributed by atoms with Gasteiger partial charge < -0.3 is 9.84 Å². The highest BCUT2D eigenvalue weighted by Crippen LogP contribution is 2.31. The highest BCUT2D eigenvalue weighted by atomic mass is 32.2. The quantitative estimate of drug-likeness (QED) is 0.864. The summed E-state index contributed by atoms with van der Waals surface area (Å²) in [6, 6.07) is 8.75. The van der Waals surface area contributed by atoms with Crippen LogP contribution in [0.1, 0.15) is 16.1 Å². The molecule has 0 unspecified atom stereocenters. The number of pyridine rings is 1. The summed E-state index contributed by atoms with van der Waals surface area (Å²) >= 11 is 1.37. The first kappa shape index (κ1) is 13.4. The van der Waals surface area contributed by atoms with E-state index in [9.17, 15) is 9.90 Å². The van der Waals surface area contributed by atoms with E-state index < -0.39 is 5.97 Å². The summed E-state index contributed by atoms with van der Waals surface area (Å²) in [5.74, 6) is -0.156. The minimum atomic E-state index is -1.000. The fourth-order valence-corrected chi connectivity index (χ4v) is 2.23. The summed E-state index contributed by atoms with van der Waals surface area (Å²) in [6.45, 7) is 1.88. The van der Waals surface area contributed by atoms with Crippen LogP contribution in [-0.2, 0) is 0 Å². The zero-order valence-electron chi connectivity index (χ0n) is 10.6. The second kappa shape index (κ2) is 5.75. The molecule has 0 fully saturated rings. The Morgan fingerprint density at radius 1 is 1.32 bits per heavy atom. The maximum absolute atomic E-state index is 11.3. The van der Waals surface area contributed by atoms with Gasteiger partial charge in [0.1, 0.15) is 17.1 Å². The molecule has 0 amide bonds. The Balaban J connectivity index is 2.39. The Labute approximate surface area is 115 Å². The average molecular weight is 275 g/mol. The van der Waals surface area contributed by atoms with Crippen LogP contribution in [-0.4, -0.2) is 22.3 Å². The molecule has 0 aliphatic carbocycles. The predicted molar refractivity (Wildman–Crippen MR) is 74.2 cm³/mol. The first-order valence-corrected chi connectivity index (χ1v) is 6.85. The Morgan fingerprint density at radius 3 is 2.68 bits per heavy atom. The van der Waals surface area contributed by atoms with Crippen LogP contribution < -0.4 is 4.74 Å². The van der Waals surface area contributed by atoms with Crippen LogP contribution in [0.3, 0.4) is 0 Å². The molecule has 0 bridgehead atoms. The maximum atomic E-state index is 11.3. The molecule has 2 rings (SSSR count).